The smallest absolute Gasteiger partial charge is 0.320 e. The minimum absolute atomic E-state index is 0.0425. The van der Waals surface area contributed by atoms with E-state index in [1.165, 1.54) is 12.8 Å². The Balaban J connectivity index is 1.50. The highest BCUT2D eigenvalue weighted by atomic mass is 16.5. The zero-order valence-electron chi connectivity index (χ0n) is 13.3. The average molecular weight is 306 g/mol. The third-order valence-electron chi connectivity index (χ3n) is 4.74. The molecule has 1 spiro atoms. The Kier molecular flexibility index (Phi) is 4.66. The van der Waals surface area contributed by atoms with E-state index >= 15 is 0 Å². The van der Waals surface area contributed by atoms with E-state index in [1.807, 2.05) is 10.7 Å². The Bertz CT molecular complexity index is 508. The summed E-state index contributed by atoms with van der Waals surface area (Å²) in [4.78, 5) is 12.2. The maximum absolute atomic E-state index is 12.2. The lowest BCUT2D eigenvalue weighted by atomic mass is 9.96. The van der Waals surface area contributed by atoms with Gasteiger partial charge in [-0.3, -0.25) is 5.32 Å². The van der Waals surface area contributed by atoms with Crippen LogP contribution in [0.15, 0.2) is 12.3 Å². The van der Waals surface area contributed by atoms with Crippen molar-refractivity contribution >= 4 is 11.8 Å². The summed E-state index contributed by atoms with van der Waals surface area (Å²) in [5.74, 6) is 0.750. The Hall–Kier alpha value is -1.56. The monoisotopic (exact) mass is 306 g/mol. The van der Waals surface area contributed by atoms with Crippen LogP contribution in [0.25, 0.3) is 0 Å². The fourth-order valence-electron chi connectivity index (χ4n) is 3.57. The molecule has 0 bridgehead atoms. The zero-order valence-corrected chi connectivity index (χ0v) is 13.3. The molecule has 1 atom stereocenters. The molecule has 122 valence electrons. The second-order valence-electron chi connectivity index (χ2n) is 6.49. The van der Waals surface area contributed by atoms with Gasteiger partial charge in [0, 0.05) is 12.6 Å². The number of amides is 2. The number of hydrogen-bond acceptors (Lipinski definition) is 3. The topological polar surface area (TPSA) is 68.2 Å². The third kappa shape index (κ3) is 3.43. The van der Waals surface area contributed by atoms with Gasteiger partial charge in [0.25, 0.3) is 0 Å². The van der Waals surface area contributed by atoms with E-state index < -0.39 is 0 Å². The van der Waals surface area contributed by atoms with E-state index in [4.69, 9.17) is 4.74 Å². The maximum Gasteiger partial charge on any atom is 0.320 e. The van der Waals surface area contributed by atoms with Crippen LogP contribution in [-0.2, 0) is 11.3 Å². The first-order valence-electron chi connectivity index (χ1n) is 8.44. The first-order chi connectivity index (χ1) is 10.7. The normalized spacial score (nSPS) is 23.0. The number of unbranched alkanes of at least 4 members (excludes halogenated alkanes) is 1. The number of nitrogens with zero attached hydrogens (tertiary/aromatic N) is 2. The van der Waals surface area contributed by atoms with Gasteiger partial charge in [-0.2, -0.15) is 5.10 Å². The van der Waals surface area contributed by atoms with E-state index in [2.05, 4.69) is 22.7 Å². The molecular formula is C16H26N4O2. The summed E-state index contributed by atoms with van der Waals surface area (Å²) in [6.45, 7) is 3.60. The predicted octanol–water partition coefficient (Wildman–Crippen LogP) is 2.91. The van der Waals surface area contributed by atoms with Gasteiger partial charge in [-0.25, -0.2) is 9.48 Å². The Morgan fingerprint density at radius 3 is 3.09 bits per heavy atom. The lowest BCUT2D eigenvalue weighted by Gasteiger charge is -2.21. The summed E-state index contributed by atoms with van der Waals surface area (Å²) in [6, 6.07) is 1.78. The van der Waals surface area contributed by atoms with Gasteiger partial charge >= 0.3 is 6.03 Å². The zero-order chi connectivity index (χ0) is 15.4. The number of rotatable bonds is 5. The van der Waals surface area contributed by atoms with Crippen molar-refractivity contribution in [2.24, 2.45) is 0 Å². The lowest BCUT2D eigenvalue weighted by molar-refractivity contribution is 0.00998. The molecule has 1 aliphatic heterocycles. The number of anilines is 1. The van der Waals surface area contributed by atoms with Crippen molar-refractivity contribution in [2.75, 3.05) is 11.9 Å². The fourth-order valence-corrected chi connectivity index (χ4v) is 3.57. The Morgan fingerprint density at radius 2 is 2.32 bits per heavy atom. The predicted molar refractivity (Wildman–Crippen MR) is 84.8 cm³/mol. The summed E-state index contributed by atoms with van der Waals surface area (Å²) < 4.78 is 7.81. The number of ether oxygens (including phenoxy) is 1. The maximum atomic E-state index is 12.2. The lowest BCUT2D eigenvalue weighted by Crippen LogP contribution is -2.39. The van der Waals surface area contributed by atoms with Gasteiger partial charge in [0.05, 0.1) is 24.4 Å². The van der Waals surface area contributed by atoms with E-state index in [0.29, 0.717) is 6.61 Å². The number of aryl methyl sites for hydroxylation is 1. The molecule has 2 fully saturated rings. The van der Waals surface area contributed by atoms with Crippen LogP contribution in [0.1, 0.15) is 51.9 Å². The molecule has 1 saturated heterocycles. The summed E-state index contributed by atoms with van der Waals surface area (Å²) in [5, 5.41) is 10.2. The molecule has 22 heavy (non-hydrogen) atoms. The highest BCUT2D eigenvalue weighted by Gasteiger charge is 2.42. The molecule has 1 aromatic heterocycles. The molecular weight excluding hydrogens is 280 g/mol. The van der Waals surface area contributed by atoms with Crippen molar-refractivity contribution in [3.63, 3.8) is 0 Å². The number of aromatic nitrogens is 2. The van der Waals surface area contributed by atoms with E-state index in [-0.39, 0.29) is 17.7 Å². The quantitative estimate of drug-likeness (QED) is 0.879. The SMILES string of the molecule is CCCCn1nccc1NC(=O)NC1COC2(CCCC2)C1. The molecule has 6 heteroatoms. The molecule has 1 aliphatic carbocycles. The van der Waals surface area contributed by atoms with Gasteiger partial charge in [0.2, 0.25) is 0 Å². The number of urea groups is 1. The first kappa shape index (κ1) is 15.3. The molecule has 1 aromatic rings. The van der Waals surface area contributed by atoms with Crippen LogP contribution in [0.5, 0.6) is 0 Å². The van der Waals surface area contributed by atoms with Gasteiger partial charge in [-0.05, 0) is 25.7 Å². The van der Waals surface area contributed by atoms with Crippen molar-refractivity contribution in [1.29, 1.82) is 0 Å². The second-order valence-corrected chi connectivity index (χ2v) is 6.49. The van der Waals surface area contributed by atoms with Gasteiger partial charge in [0.15, 0.2) is 0 Å². The number of carbonyl (C=O) groups is 1. The summed E-state index contributed by atoms with van der Waals surface area (Å²) in [6.07, 6.45) is 9.58. The molecule has 2 N–H and O–H groups in total. The highest BCUT2D eigenvalue weighted by molar-refractivity contribution is 5.88. The van der Waals surface area contributed by atoms with Crippen LogP contribution in [0.4, 0.5) is 10.6 Å². The number of carbonyl (C=O) groups excluding carboxylic acids is 1. The molecule has 0 aromatic carbocycles. The number of hydrogen-bond donors (Lipinski definition) is 2. The van der Waals surface area contributed by atoms with Crippen LogP contribution in [0, 0.1) is 0 Å². The molecule has 2 heterocycles. The third-order valence-corrected chi connectivity index (χ3v) is 4.74. The van der Waals surface area contributed by atoms with Crippen molar-refractivity contribution in [3.05, 3.63) is 12.3 Å². The molecule has 1 unspecified atom stereocenters. The molecule has 1 saturated carbocycles. The van der Waals surface area contributed by atoms with Crippen LogP contribution >= 0.6 is 0 Å². The molecule has 2 aliphatic rings. The van der Waals surface area contributed by atoms with E-state index in [9.17, 15) is 4.79 Å². The Labute approximate surface area is 131 Å². The largest absolute Gasteiger partial charge is 0.373 e. The first-order valence-corrected chi connectivity index (χ1v) is 8.44. The van der Waals surface area contributed by atoms with Crippen molar-refractivity contribution in [3.8, 4) is 0 Å². The van der Waals surface area contributed by atoms with Crippen LogP contribution in [0.3, 0.4) is 0 Å². The van der Waals surface area contributed by atoms with Crippen molar-refractivity contribution in [2.45, 2.75) is 70.1 Å². The van der Waals surface area contributed by atoms with E-state index in [1.54, 1.807) is 6.20 Å². The van der Waals surface area contributed by atoms with Gasteiger partial charge in [-0.1, -0.05) is 26.2 Å². The molecule has 3 rings (SSSR count). The highest BCUT2D eigenvalue weighted by Crippen LogP contribution is 2.40. The van der Waals surface area contributed by atoms with Crippen LogP contribution in [0.2, 0.25) is 0 Å². The minimum Gasteiger partial charge on any atom is -0.373 e. The molecule has 6 nitrogen and oxygen atoms in total. The molecule has 2 amide bonds. The fraction of sp³-hybridized carbons (Fsp3) is 0.750. The van der Waals surface area contributed by atoms with Crippen molar-refractivity contribution < 1.29 is 9.53 Å². The summed E-state index contributed by atoms with van der Waals surface area (Å²) in [7, 11) is 0. The second kappa shape index (κ2) is 6.69. The van der Waals surface area contributed by atoms with Crippen molar-refractivity contribution in [1.82, 2.24) is 15.1 Å². The average Bonchev–Trinajstić information content (AvgIpc) is 3.21. The van der Waals surface area contributed by atoms with Gasteiger partial charge in [-0.15, -0.1) is 0 Å². The Morgan fingerprint density at radius 1 is 1.50 bits per heavy atom. The van der Waals surface area contributed by atoms with Crippen LogP contribution < -0.4 is 10.6 Å². The standard InChI is InChI=1S/C16H26N4O2/c1-2-3-10-20-14(6-9-17-20)19-15(21)18-13-11-16(22-12-13)7-4-5-8-16/h6,9,13H,2-5,7-8,10-12H2,1H3,(H2,18,19,21). The summed E-state index contributed by atoms with van der Waals surface area (Å²) in [5.41, 5.74) is 0.0425. The molecule has 0 radical (unpaired) electrons. The van der Waals surface area contributed by atoms with Gasteiger partial charge < -0.3 is 10.1 Å². The van der Waals surface area contributed by atoms with E-state index in [0.717, 1.165) is 44.5 Å². The van der Waals surface area contributed by atoms with Gasteiger partial charge in [0.1, 0.15) is 5.82 Å². The minimum atomic E-state index is -0.165. The number of nitrogens with one attached hydrogen (secondary N) is 2. The van der Waals surface area contributed by atoms with Crippen LogP contribution in [-0.4, -0.2) is 34.1 Å². The summed E-state index contributed by atoms with van der Waals surface area (Å²) >= 11 is 0.